The van der Waals surface area contributed by atoms with E-state index in [1.54, 1.807) is 0 Å². The van der Waals surface area contributed by atoms with Crippen molar-refractivity contribution in [2.24, 2.45) is 0 Å². The zero-order chi connectivity index (χ0) is 10.2. The minimum absolute atomic E-state index is 1.09. The minimum Gasteiger partial charge on any atom is -0.385 e. The molecule has 0 spiro atoms. The van der Waals surface area contributed by atoms with Gasteiger partial charge in [0.15, 0.2) is 0 Å². The fourth-order valence-corrected chi connectivity index (χ4v) is 1.58. The second-order valence-corrected chi connectivity index (χ2v) is 3.69. The SMILES string of the molecule is CCCCNc1ccccc1CCC. The molecule has 1 nitrogen and oxygen atoms in total. The molecule has 0 heterocycles. The van der Waals surface area contributed by atoms with Gasteiger partial charge in [0.05, 0.1) is 0 Å². The van der Waals surface area contributed by atoms with Crippen LogP contribution in [0, 0.1) is 0 Å². The van der Waals surface area contributed by atoms with Crippen LogP contribution in [0.15, 0.2) is 24.3 Å². The lowest BCUT2D eigenvalue weighted by Crippen LogP contribution is -2.03. The molecule has 0 saturated carbocycles. The molecule has 14 heavy (non-hydrogen) atoms. The fraction of sp³-hybridized carbons (Fsp3) is 0.538. The summed E-state index contributed by atoms with van der Waals surface area (Å²) >= 11 is 0. The van der Waals surface area contributed by atoms with E-state index < -0.39 is 0 Å². The second kappa shape index (κ2) is 6.47. The first-order chi connectivity index (χ1) is 6.88. The van der Waals surface area contributed by atoms with Crippen molar-refractivity contribution in [3.8, 4) is 0 Å². The summed E-state index contributed by atoms with van der Waals surface area (Å²) in [5, 5.41) is 3.50. The van der Waals surface area contributed by atoms with Gasteiger partial charge in [-0.05, 0) is 24.5 Å². The molecule has 1 heteroatoms. The Morgan fingerprint density at radius 1 is 1.07 bits per heavy atom. The first-order valence-electron chi connectivity index (χ1n) is 5.70. The van der Waals surface area contributed by atoms with Crippen LogP contribution in [0.2, 0.25) is 0 Å². The van der Waals surface area contributed by atoms with Crippen molar-refractivity contribution >= 4 is 5.69 Å². The van der Waals surface area contributed by atoms with Crippen LogP contribution in [0.4, 0.5) is 5.69 Å². The van der Waals surface area contributed by atoms with Crippen LogP contribution >= 0.6 is 0 Å². The maximum absolute atomic E-state index is 3.50. The standard InChI is InChI=1S/C13H21N/c1-3-5-11-14-13-10-7-6-9-12(13)8-4-2/h6-7,9-10,14H,3-5,8,11H2,1-2H3. The molecular formula is C13H21N. The molecule has 0 aliphatic rings. The van der Waals surface area contributed by atoms with E-state index in [9.17, 15) is 0 Å². The molecule has 1 aromatic rings. The Labute approximate surface area is 87.5 Å². The van der Waals surface area contributed by atoms with Gasteiger partial charge < -0.3 is 5.32 Å². The lowest BCUT2D eigenvalue weighted by atomic mass is 10.1. The van der Waals surface area contributed by atoms with Crippen LogP contribution in [-0.4, -0.2) is 6.54 Å². The summed E-state index contributed by atoms with van der Waals surface area (Å²) in [6.45, 7) is 5.54. The molecule has 0 radical (unpaired) electrons. The Bertz CT molecular complexity index is 255. The van der Waals surface area contributed by atoms with E-state index in [2.05, 4.69) is 43.4 Å². The molecular weight excluding hydrogens is 170 g/mol. The largest absolute Gasteiger partial charge is 0.385 e. The Morgan fingerprint density at radius 2 is 1.86 bits per heavy atom. The number of para-hydroxylation sites is 1. The molecule has 78 valence electrons. The third kappa shape index (κ3) is 3.41. The Hall–Kier alpha value is -0.980. The van der Waals surface area contributed by atoms with Crippen LogP contribution in [-0.2, 0) is 6.42 Å². The zero-order valence-corrected chi connectivity index (χ0v) is 9.34. The van der Waals surface area contributed by atoms with Crippen molar-refractivity contribution in [2.45, 2.75) is 39.5 Å². The van der Waals surface area contributed by atoms with Gasteiger partial charge in [-0.1, -0.05) is 44.9 Å². The Balaban J connectivity index is 2.55. The number of aryl methyl sites for hydroxylation is 1. The second-order valence-electron chi connectivity index (χ2n) is 3.69. The molecule has 0 saturated heterocycles. The predicted molar refractivity (Wildman–Crippen MR) is 63.8 cm³/mol. The lowest BCUT2D eigenvalue weighted by molar-refractivity contribution is 0.830. The third-order valence-corrected chi connectivity index (χ3v) is 2.38. The minimum atomic E-state index is 1.09. The molecule has 1 aromatic carbocycles. The lowest BCUT2D eigenvalue weighted by Gasteiger charge is -2.10. The summed E-state index contributed by atoms with van der Waals surface area (Å²) in [5.41, 5.74) is 2.77. The molecule has 0 amide bonds. The summed E-state index contributed by atoms with van der Waals surface area (Å²) in [6.07, 6.45) is 4.89. The molecule has 0 aromatic heterocycles. The number of anilines is 1. The summed E-state index contributed by atoms with van der Waals surface area (Å²) < 4.78 is 0. The van der Waals surface area contributed by atoms with Crippen molar-refractivity contribution in [1.29, 1.82) is 0 Å². The number of nitrogens with one attached hydrogen (secondary N) is 1. The van der Waals surface area contributed by atoms with E-state index in [-0.39, 0.29) is 0 Å². The van der Waals surface area contributed by atoms with E-state index >= 15 is 0 Å². The topological polar surface area (TPSA) is 12.0 Å². The van der Waals surface area contributed by atoms with E-state index in [1.165, 1.54) is 36.9 Å². The van der Waals surface area contributed by atoms with Crippen LogP contribution in [0.5, 0.6) is 0 Å². The van der Waals surface area contributed by atoms with Gasteiger partial charge in [0.25, 0.3) is 0 Å². The number of benzene rings is 1. The maximum Gasteiger partial charge on any atom is 0.0372 e. The summed E-state index contributed by atoms with van der Waals surface area (Å²) in [6, 6.07) is 8.63. The van der Waals surface area contributed by atoms with E-state index in [0.717, 1.165) is 6.54 Å². The highest BCUT2D eigenvalue weighted by molar-refractivity contribution is 5.51. The van der Waals surface area contributed by atoms with E-state index in [0.29, 0.717) is 0 Å². The molecule has 1 rings (SSSR count). The molecule has 0 bridgehead atoms. The molecule has 1 N–H and O–H groups in total. The van der Waals surface area contributed by atoms with Crippen molar-refractivity contribution < 1.29 is 0 Å². The van der Waals surface area contributed by atoms with Gasteiger partial charge in [0.2, 0.25) is 0 Å². The average molecular weight is 191 g/mol. The Morgan fingerprint density at radius 3 is 2.57 bits per heavy atom. The van der Waals surface area contributed by atoms with E-state index in [1.807, 2.05) is 0 Å². The summed E-state index contributed by atoms with van der Waals surface area (Å²) in [7, 11) is 0. The van der Waals surface area contributed by atoms with Gasteiger partial charge >= 0.3 is 0 Å². The van der Waals surface area contributed by atoms with Crippen molar-refractivity contribution in [1.82, 2.24) is 0 Å². The highest BCUT2D eigenvalue weighted by atomic mass is 14.9. The van der Waals surface area contributed by atoms with Crippen molar-refractivity contribution in [3.05, 3.63) is 29.8 Å². The molecule has 0 fully saturated rings. The first-order valence-corrected chi connectivity index (χ1v) is 5.70. The number of unbranched alkanes of at least 4 members (excludes halogenated alkanes) is 1. The van der Waals surface area contributed by atoms with Crippen molar-refractivity contribution in [3.63, 3.8) is 0 Å². The highest BCUT2D eigenvalue weighted by Crippen LogP contribution is 2.16. The van der Waals surface area contributed by atoms with Gasteiger partial charge in [-0.25, -0.2) is 0 Å². The van der Waals surface area contributed by atoms with Gasteiger partial charge in [-0.15, -0.1) is 0 Å². The quantitative estimate of drug-likeness (QED) is 0.673. The fourth-order valence-electron chi connectivity index (χ4n) is 1.58. The smallest absolute Gasteiger partial charge is 0.0372 e. The number of rotatable bonds is 6. The Kier molecular flexibility index (Phi) is 5.13. The van der Waals surface area contributed by atoms with Crippen LogP contribution < -0.4 is 5.32 Å². The van der Waals surface area contributed by atoms with Crippen molar-refractivity contribution in [2.75, 3.05) is 11.9 Å². The predicted octanol–water partition coefficient (Wildman–Crippen LogP) is 3.85. The van der Waals surface area contributed by atoms with Crippen LogP contribution in [0.1, 0.15) is 38.7 Å². The molecule has 0 aliphatic heterocycles. The average Bonchev–Trinajstić information content (AvgIpc) is 2.21. The summed E-state index contributed by atoms with van der Waals surface area (Å²) in [4.78, 5) is 0. The van der Waals surface area contributed by atoms with E-state index in [4.69, 9.17) is 0 Å². The number of hydrogen-bond donors (Lipinski definition) is 1. The molecule has 0 atom stereocenters. The normalized spacial score (nSPS) is 10.1. The highest BCUT2D eigenvalue weighted by Gasteiger charge is 1.98. The zero-order valence-electron chi connectivity index (χ0n) is 9.34. The first kappa shape index (κ1) is 11.1. The van der Waals surface area contributed by atoms with Gasteiger partial charge in [-0.3, -0.25) is 0 Å². The maximum atomic E-state index is 3.50. The molecule has 0 unspecified atom stereocenters. The van der Waals surface area contributed by atoms with Crippen LogP contribution in [0.25, 0.3) is 0 Å². The van der Waals surface area contributed by atoms with Crippen LogP contribution in [0.3, 0.4) is 0 Å². The monoisotopic (exact) mass is 191 g/mol. The summed E-state index contributed by atoms with van der Waals surface area (Å²) in [5.74, 6) is 0. The van der Waals surface area contributed by atoms with Gasteiger partial charge in [0, 0.05) is 12.2 Å². The third-order valence-electron chi connectivity index (χ3n) is 2.38. The van der Waals surface area contributed by atoms with Gasteiger partial charge in [-0.2, -0.15) is 0 Å². The van der Waals surface area contributed by atoms with Gasteiger partial charge in [0.1, 0.15) is 0 Å². The number of hydrogen-bond acceptors (Lipinski definition) is 1. The molecule has 0 aliphatic carbocycles.